The summed E-state index contributed by atoms with van der Waals surface area (Å²) in [5.41, 5.74) is 1.44. The Balaban J connectivity index is 1.57. The quantitative estimate of drug-likeness (QED) is 0.839. The van der Waals surface area contributed by atoms with Crippen molar-refractivity contribution in [2.24, 2.45) is 0 Å². The van der Waals surface area contributed by atoms with Crippen LogP contribution in [-0.4, -0.2) is 68.7 Å². The molecule has 2 saturated heterocycles. The average Bonchev–Trinajstić information content (AvgIpc) is 2.55. The van der Waals surface area contributed by atoms with Gasteiger partial charge in [0.15, 0.2) is 0 Å². The third kappa shape index (κ3) is 3.58. The topological polar surface area (TPSA) is 30.5 Å². The van der Waals surface area contributed by atoms with Crippen LogP contribution in [-0.2, 0) is 0 Å². The fourth-order valence-corrected chi connectivity index (χ4v) is 3.22. The summed E-state index contributed by atoms with van der Waals surface area (Å²) in [6.07, 6.45) is 0. The smallest absolute Gasteiger partial charge is 0.0473 e. The third-order valence-electron chi connectivity index (χ3n) is 4.45. The summed E-state index contributed by atoms with van der Waals surface area (Å²) in [5, 5.41) is 6.96. The molecule has 0 spiro atoms. The van der Waals surface area contributed by atoms with Crippen LogP contribution in [0.2, 0.25) is 0 Å². The van der Waals surface area contributed by atoms with Crippen molar-refractivity contribution in [2.45, 2.75) is 6.04 Å². The van der Waals surface area contributed by atoms with E-state index in [1.165, 1.54) is 31.7 Å². The van der Waals surface area contributed by atoms with Crippen LogP contribution in [0, 0.1) is 0 Å². The van der Waals surface area contributed by atoms with Crippen LogP contribution in [0.4, 0.5) is 0 Å². The summed E-state index contributed by atoms with van der Waals surface area (Å²) >= 11 is 0. The third-order valence-corrected chi connectivity index (χ3v) is 4.45. The van der Waals surface area contributed by atoms with E-state index < -0.39 is 0 Å². The number of nitrogens with one attached hydrogen (secondary N) is 2. The van der Waals surface area contributed by atoms with E-state index >= 15 is 0 Å². The maximum absolute atomic E-state index is 3.54. The molecule has 3 rings (SSSR count). The maximum atomic E-state index is 3.54. The molecule has 2 heterocycles. The van der Waals surface area contributed by atoms with Crippen molar-refractivity contribution in [1.82, 2.24) is 20.4 Å². The standard InChI is InChI=1S/C16H26N4/c1-2-4-15(5-3-1)16-14-18-8-11-20(16)13-12-19-9-6-17-7-10-19/h1-5,16-18H,6-14H2. The molecule has 110 valence electrons. The number of benzene rings is 1. The molecule has 1 unspecified atom stereocenters. The Morgan fingerprint density at radius 3 is 2.45 bits per heavy atom. The lowest BCUT2D eigenvalue weighted by Gasteiger charge is -2.38. The number of nitrogens with zero attached hydrogens (tertiary/aromatic N) is 2. The highest BCUT2D eigenvalue weighted by Gasteiger charge is 2.23. The van der Waals surface area contributed by atoms with Crippen LogP contribution in [0.5, 0.6) is 0 Å². The minimum Gasteiger partial charge on any atom is -0.314 e. The molecule has 20 heavy (non-hydrogen) atoms. The second-order valence-electron chi connectivity index (χ2n) is 5.76. The Morgan fingerprint density at radius 2 is 1.65 bits per heavy atom. The Morgan fingerprint density at radius 1 is 0.900 bits per heavy atom. The van der Waals surface area contributed by atoms with Gasteiger partial charge in [-0.25, -0.2) is 0 Å². The monoisotopic (exact) mass is 274 g/mol. The van der Waals surface area contributed by atoms with Gasteiger partial charge in [-0.05, 0) is 5.56 Å². The lowest BCUT2D eigenvalue weighted by Crippen LogP contribution is -2.50. The predicted molar refractivity (Wildman–Crippen MR) is 82.9 cm³/mol. The molecular formula is C16H26N4. The molecule has 1 aromatic carbocycles. The van der Waals surface area contributed by atoms with E-state index in [1.54, 1.807) is 0 Å². The second kappa shape index (κ2) is 7.18. The summed E-state index contributed by atoms with van der Waals surface area (Å²) in [4.78, 5) is 5.23. The van der Waals surface area contributed by atoms with Crippen LogP contribution in [0.25, 0.3) is 0 Å². The molecular weight excluding hydrogens is 248 g/mol. The normalized spacial score (nSPS) is 25.7. The average molecular weight is 274 g/mol. The van der Waals surface area contributed by atoms with Gasteiger partial charge in [-0.2, -0.15) is 0 Å². The highest BCUT2D eigenvalue weighted by molar-refractivity contribution is 5.20. The minimum atomic E-state index is 0.535. The van der Waals surface area contributed by atoms with Crippen molar-refractivity contribution in [2.75, 3.05) is 58.9 Å². The van der Waals surface area contributed by atoms with E-state index in [4.69, 9.17) is 0 Å². The number of hydrogen-bond donors (Lipinski definition) is 2. The predicted octanol–water partition coefficient (Wildman–Crippen LogP) is 0.538. The van der Waals surface area contributed by atoms with Crippen LogP contribution in [0.15, 0.2) is 30.3 Å². The zero-order chi connectivity index (χ0) is 13.6. The molecule has 4 heteroatoms. The van der Waals surface area contributed by atoms with Gasteiger partial charge in [0, 0.05) is 64.9 Å². The molecule has 0 radical (unpaired) electrons. The molecule has 2 aliphatic heterocycles. The van der Waals surface area contributed by atoms with Crippen molar-refractivity contribution < 1.29 is 0 Å². The van der Waals surface area contributed by atoms with Gasteiger partial charge >= 0.3 is 0 Å². The molecule has 0 aliphatic carbocycles. The molecule has 2 fully saturated rings. The number of piperazine rings is 2. The highest BCUT2D eigenvalue weighted by Crippen LogP contribution is 2.21. The molecule has 0 amide bonds. The summed E-state index contributed by atoms with van der Waals surface area (Å²) in [5.74, 6) is 0. The van der Waals surface area contributed by atoms with Crippen LogP contribution in [0.1, 0.15) is 11.6 Å². The molecule has 1 atom stereocenters. The van der Waals surface area contributed by atoms with Crippen LogP contribution < -0.4 is 10.6 Å². The maximum Gasteiger partial charge on any atom is 0.0473 e. The van der Waals surface area contributed by atoms with Gasteiger partial charge in [-0.3, -0.25) is 9.80 Å². The van der Waals surface area contributed by atoms with Gasteiger partial charge < -0.3 is 10.6 Å². The van der Waals surface area contributed by atoms with Crippen molar-refractivity contribution in [3.8, 4) is 0 Å². The van der Waals surface area contributed by atoms with E-state index in [-0.39, 0.29) is 0 Å². The van der Waals surface area contributed by atoms with Gasteiger partial charge in [-0.1, -0.05) is 30.3 Å². The summed E-state index contributed by atoms with van der Waals surface area (Å²) < 4.78 is 0. The second-order valence-corrected chi connectivity index (χ2v) is 5.76. The first kappa shape index (κ1) is 14.0. The number of rotatable bonds is 4. The summed E-state index contributed by atoms with van der Waals surface area (Å²) in [6.45, 7) is 10.4. The molecule has 2 N–H and O–H groups in total. The zero-order valence-corrected chi connectivity index (χ0v) is 12.2. The van der Waals surface area contributed by atoms with Crippen molar-refractivity contribution in [3.63, 3.8) is 0 Å². The van der Waals surface area contributed by atoms with Crippen LogP contribution >= 0.6 is 0 Å². The molecule has 4 nitrogen and oxygen atoms in total. The Hall–Kier alpha value is -0.940. The summed E-state index contributed by atoms with van der Waals surface area (Å²) in [7, 11) is 0. The Kier molecular flexibility index (Phi) is 5.03. The van der Waals surface area contributed by atoms with Gasteiger partial charge in [0.1, 0.15) is 0 Å². The lowest BCUT2D eigenvalue weighted by molar-refractivity contribution is 0.130. The molecule has 2 aliphatic rings. The Bertz CT molecular complexity index is 389. The number of hydrogen-bond acceptors (Lipinski definition) is 4. The minimum absolute atomic E-state index is 0.535. The van der Waals surface area contributed by atoms with Crippen LogP contribution in [0.3, 0.4) is 0 Å². The van der Waals surface area contributed by atoms with Gasteiger partial charge in [0.25, 0.3) is 0 Å². The van der Waals surface area contributed by atoms with E-state index in [0.717, 1.165) is 32.7 Å². The SMILES string of the molecule is c1ccc(C2CNCCN2CCN2CCNCC2)cc1. The Labute approximate surface area is 122 Å². The first-order chi connectivity index (χ1) is 9.93. The fourth-order valence-electron chi connectivity index (χ4n) is 3.22. The van der Waals surface area contributed by atoms with E-state index in [9.17, 15) is 0 Å². The zero-order valence-electron chi connectivity index (χ0n) is 12.2. The molecule has 1 aromatic rings. The fraction of sp³-hybridized carbons (Fsp3) is 0.625. The van der Waals surface area contributed by atoms with E-state index in [2.05, 4.69) is 50.8 Å². The van der Waals surface area contributed by atoms with E-state index in [1.807, 2.05) is 0 Å². The van der Waals surface area contributed by atoms with Crippen molar-refractivity contribution in [1.29, 1.82) is 0 Å². The van der Waals surface area contributed by atoms with Gasteiger partial charge in [-0.15, -0.1) is 0 Å². The highest BCUT2D eigenvalue weighted by atomic mass is 15.3. The van der Waals surface area contributed by atoms with Crippen molar-refractivity contribution >= 4 is 0 Å². The molecule has 0 saturated carbocycles. The molecule has 0 bridgehead atoms. The first-order valence-electron chi connectivity index (χ1n) is 7.86. The largest absolute Gasteiger partial charge is 0.314 e. The van der Waals surface area contributed by atoms with Crippen molar-refractivity contribution in [3.05, 3.63) is 35.9 Å². The first-order valence-corrected chi connectivity index (χ1v) is 7.86. The van der Waals surface area contributed by atoms with Gasteiger partial charge in [0.05, 0.1) is 0 Å². The summed E-state index contributed by atoms with van der Waals surface area (Å²) in [6, 6.07) is 11.5. The van der Waals surface area contributed by atoms with Gasteiger partial charge in [0.2, 0.25) is 0 Å². The lowest BCUT2D eigenvalue weighted by atomic mass is 10.0. The molecule has 0 aromatic heterocycles. The van der Waals surface area contributed by atoms with E-state index in [0.29, 0.717) is 6.04 Å².